The van der Waals surface area contributed by atoms with Crippen LogP contribution in [0.3, 0.4) is 0 Å². The summed E-state index contributed by atoms with van der Waals surface area (Å²) < 4.78 is 21.0. The lowest BCUT2D eigenvalue weighted by Crippen LogP contribution is -2.22. The topological polar surface area (TPSA) is 46.6 Å². The number of carbonyl (C=O) groups is 1. The summed E-state index contributed by atoms with van der Waals surface area (Å²) in [6.45, 7) is 2.05. The van der Waals surface area contributed by atoms with Crippen LogP contribution in [0.2, 0.25) is 0 Å². The average molecular weight is 347 g/mol. The van der Waals surface area contributed by atoms with Crippen molar-refractivity contribution < 1.29 is 13.9 Å². The molecule has 0 spiro atoms. The SMILES string of the molecule is C[C@H]1[C@@H](c2ccccc2)O[P@@](=O)(/C=C/C[C@@H]2CCCC(=O)C2)N1C. The summed E-state index contributed by atoms with van der Waals surface area (Å²) in [6, 6.07) is 10.0. The minimum atomic E-state index is -2.95. The number of allylic oxidation sites excluding steroid dienone is 1. The zero-order valence-corrected chi connectivity index (χ0v) is 15.3. The van der Waals surface area contributed by atoms with E-state index in [-0.39, 0.29) is 12.1 Å². The zero-order valence-electron chi connectivity index (χ0n) is 14.4. The number of carbonyl (C=O) groups excluding carboxylic acids is 1. The van der Waals surface area contributed by atoms with E-state index in [2.05, 4.69) is 0 Å². The Labute approximate surface area is 144 Å². The van der Waals surface area contributed by atoms with Crippen molar-refractivity contribution in [1.82, 2.24) is 4.67 Å². The van der Waals surface area contributed by atoms with Gasteiger partial charge in [0.25, 0.3) is 7.52 Å². The molecule has 0 amide bonds. The summed E-state index contributed by atoms with van der Waals surface area (Å²) in [6.07, 6.45) is 6.04. The molecule has 2 aliphatic rings. The van der Waals surface area contributed by atoms with Crippen molar-refractivity contribution in [2.75, 3.05) is 7.05 Å². The molecule has 1 heterocycles. The van der Waals surface area contributed by atoms with Crippen LogP contribution in [0.1, 0.15) is 50.7 Å². The summed E-state index contributed by atoms with van der Waals surface area (Å²) in [5.74, 6) is 2.49. The van der Waals surface area contributed by atoms with Crippen molar-refractivity contribution in [3.8, 4) is 0 Å². The van der Waals surface area contributed by atoms with Crippen LogP contribution in [0.5, 0.6) is 0 Å². The van der Waals surface area contributed by atoms with E-state index in [1.165, 1.54) is 0 Å². The van der Waals surface area contributed by atoms with Crippen LogP contribution in [-0.2, 0) is 13.9 Å². The van der Waals surface area contributed by atoms with E-state index in [9.17, 15) is 9.36 Å². The first kappa shape index (κ1) is 17.6. The third-order valence-corrected chi connectivity index (χ3v) is 7.57. The smallest absolute Gasteiger partial charge is 0.295 e. The Morgan fingerprint density at radius 1 is 1.33 bits per heavy atom. The van der Waals surface area contributed by atoms with E-state index < -0.39 is 7.52 Å². The number of Topliss-reactive ketones (excluding diaryl/α,β-unsaturated/α-hetero) is 1. The number of likely N-dealkylation sites (N-methyl/N-ethyl adjacent to an activating group) is 1. The number of rotatable bonds is 4. The predicted octanol–water partition coefficient (Wildman–Crippen LogP) is 4.93. The molecule has 5 heteroatoms. The molecule has 0 unspecified atom stereocenters. The molecule has 0 aromatic heterocycles. The molecule has 0 radical (unpaired) electrons. The maximum Gasteiger partial charge on any atom is 0.295 e. The Balaban J connectivity index is 1.67. The molecule has 0 N–H and O–H groups in total. The van der Waals surface area contributed by atoms with Gasteiger partial charge in [0.05, 0.1) is 0 Å². The molecule has 1 aliphatic heterocycles. The number of ketones is 1. The highest BCUT2D eigenvalue weighted by Gasteiger charge is 2.44. The van der Waals surface area contributed by atoms with Crippen LogP contribution in [0.4, 0.5) is 0 Å². The molecule has 1 aromatic carbocycles. The lowest BCUT2D eigenvalue weighted by atomic mass is 9.86. The number of benzene rings is 1. The van der Waals surface area contributed by atoms with E-state index in [1.54, 1.807) is 5.82 Å². The van der Waals surface area contributed by atoms with Gasteiger partial charge >= 0.3 is 0 Å². The quantitative estimate of drug-likeness (QED) is 0.724. The Hall–Kier alpha value is -1.22. The monoisotopic (exact) mass is 347 g/mol. The Bertz CT molecular complexity index is 658. The first-order valence-corrected chi connectivity index (χ1v) is 10.4. The molecule has 1 saturated carbocycles. The Morgan fingerprint density at radius 3 is 2.79 bits per heavy atom. The fourth-order valence-corrected chi connectivity index (χ4v) is 5.67. The van der Waals surface area contributed by atoms with Gasteiger partial charge in [0.1, 0.15) is 11.9 Å². The van der Waals surface area contributed by atoms with Gasteiger partial charge in [-0.05, 0) is 44.7 Å². The molecule has 4 atom stereocenters. The predicted molar refractivity (Wildman–Crippen MR) is 95.8 cm³/mol. The van der Waals surface area contributed by atoms with Crippen molar-refractivity contribution in [1.29, 1.82) is 0 Å². The van der Waals surface area contributed by atoms with E-state index in [0.717, 1.165) is 31.2 Å². The third kappa shape index (κ3) is 3.72. The van der Waals surface area contributed by atoms with Crippen LogP contribution in [0.15, 0.2) is 42.2 Å². The second kappa shape index (κ2) is 7.35. The molecule has 1 saturated heterocycles. The summed E-state index contributed by atoms with van der Waals surface area (Å²) in [5.41, 5.74) is 1.06. The summed E-state index contributed by atoms with van der Waals surface area (Å²) in [4.78, 5) is 11.5. The average Bonchev–Trinajstić information content (AvgIpc) is 2.81. The van der Waals surface area contributed by atoms with E-state index in [0.29, 0.717) is 18.1 Å². The van der Waals surface area contributed by atoms with Crippen LogP contribution in [0, 0.1) is 5.92 Å². The van der Waals surface area contributed by atoms with Crippen molar-refractivity contribution in [3.63, 3.8) is 0 Å². The molecule has 130 valence electrons. The minimum absolute atomic E-state index is 0.0548. The number of hydrogen-bond acceptors (Lipinski definition) is 3. The van der Waals surface area contributed by atoms with Crippen LogP contribution in [-0.4, -0.2) is 23.5 Å². The van der Waals surface area contributed by atoms with Crippen molar-refractivity contribution in [2.24, 2.45) is 5.92 Å². The van der Waals surface area contributed by atoms with Gasteiger partial charge in [-0.15, -0.1) is 0 Å². The van der Waals surface area contributed by atoms with Gasteiger partial charge in [0, 0.05) is 24.7 Å². The van der Waals surface area contributed by atoms with Gasteiger partial charge in [-0.3, -0.25) is 9.36 Å². The highest BCUT2D eigenvalue weighted by molar-refractivity contribution is 7.60. The normalized spacial score (nSPS) is 34.9. The van der Waals surface area contributed by atoms with Crippen LogP contribution in [0.25, 0.3) is 0 Å². The molecule has 0 bridgehead atoms. The summed E-state index contributed by atoms with van der Waals surface area (Å²) in [7, 11) is -1.09. The van der Waals surface area contributed by atoms with Crippen molar-refractivity contribution >= 4 is 13.3 Å². The molecular weight excluding hydrogens is 321 g/mol. The van der Waals surface area contributed by atoms with Crippen molar-refractivity contribution in [3.05, 3.63) is 47.8 Å². The van der Waals surface area contributed by atoms with E-state index in [1.807, 2.05) is 55.0 Å². The highest BCUT2D eigenvalue weighted by Crippen LogP contribution is 2.63. The van der Waals surface area contributed by atoms with Crippen LogP contribution >= 0.6 is 7.52 Å². The lowest BCUT2D eigenvalue weighted by molar-refractivity contribution is -0.121. The van der Waals surface area contributed by atoms with Crippen LogP contribution < -0.4 is 0 Å². The molecule has 2 fully saturated rings. The lowest BCUT2D eigenvalue weighted by Gasteiger charge is -2.20. The Morgan fingerprint density at radius 2 is 2.08 bits per heavy atom. The first-order chi connectivity index (χ1) is 11.5. The molecule has 1 aliphatic carbocycles. The summed E-state index contributed by atoms with van der Waals surface area (Å²) >= 11 is 0. The Kier molecular flexibility index (Phi) is 5.39. The van der Waals surface area contributed by atoms with Gasteiger partial charge in [-0.1, -0.05) is 36.4 Å². The van der Waals surface area contributed by atoms with E-state index >= 15 is 0 Å². The standard InChI is InChI=1S/C19H26NO3P/c1-15-19(17-10-4-3-5-11-17)23-24(22,20(15)2)13-7-9-16-8-6-12-18(21)14-16/h3-5,7,10-11,13,15-16,19H,6,8-9,12,14H2,1-2H3/b13-7+/t15-,16-,19-,24-/m0/s1. The zero-order chi connectivity index (χ0) is 17.2. The molecule has 4 nitrogen and oxygen atoms in total. The fourth-order valence-electron chi connectivity index (χ4n) is 3.60. The second-order valence-corrected chi connectivity index (χ2v) is 9.20. The van der Waals surface area contributed by atoms with Gasteiger partial charge in [0.2, 0.25) is 0 Å². The molecular formula is C19H26NO3P. The maximum absolute atomic E-state index is 13.2. The molecule has 3 rings (SSSR count). The largest absolute Gasteiger partial charge is 0.305 e. The maximum atomic E-state index is 13.2. The van der Waals surface area contributed by atoms with Gasteiger partial charge in [-0.25, -0.2) is 4.67 Å². The number of nitrogens with zero attached hydrogens (tertiary/aromatic N) is 1. The fraction of sp³-hybridized carbons (Fsp3) is 0.526. The minimum Gasteiger partial charge on any atom is -0.305 e. The number of hydrogen-bond donors (Lipinski definition) is 0. The molecule has 1 aromatic rings. The van der Waals surface area contributed by atoms with Gasteiger partial charge < -0.3 is 4.52 Å². The van der Waals surface area contributed by atoms with E-state index in [4.69, 9.17) is 4.52 Å². The third-order valence-electron chi connectivity index (χ3n) is 5.21. The highest BCUT2D eigenvalue weighted by atomic mass is 31.2. The summed E-state index contributed by atoms with van der Waals surface area (Å²) in [5, 5.41) is 0. The van der Waals surface area contributed by atoms with Gasteiger partial charge in [0.15, 0.2) is 0 Å². The molecule has 24 heavy (non-hydrogen) atoms. The van der Waals surface area contributed by atoms with Gasteiger partial charge in [-0.2, -0.15) is 0 Å². The first-order valence-electron chi connectivity index (χ1n) is 8.75. The van der Waals surface area contributed by atoms with Crippen molar-refractivity contribution in [2.45, 2.75) is 51.2 Å². The second-order valence-electron chi connectivity index (χ2n) is 6.94.